The number of para-hydroxylation sites is 1. The Bertz CT molecular complexity index is 1200. The molecular formula is C24H28F3N5O3. The summed E-state index contributed by atoms with van der Waals surface area (Å²) in [5.74, 6) is -0.943. The van der Waals surface area contributed by atoms with Crippen LogP contribution in [-0.4, -0.2) is 40.8 Å². The molecular weight excluding hydrogens is 463 g/mol. The standard InChI is InChI=1S/C24H22F3N5O3.3H2/c25-24(26,27)18-4-1-2-5-19(18)30-17-9-7-16(8-10-17)14-28-22(34)23(11-13-35-15-23)31-21(33)20-6-3-12-29-32-20;;;/h1-10,12,30H,11,13-15H2,(H,28,34)(H,31,33);3*1H/t23-;;;/m0.../s1. The molecule has 188 valence electrons. The van der Waals surface area contributed by atoms with E-state index in [1.165, 1.54) is 30.5 Å². The number of amides is 2. The van der Waals surface area contributed by atoms with Crippen molar-refractivity contribution in [2.75, 3.05) is 18.5 Å². The van der Waals surface area contributed by atoms with Crippen LogP contribution in [0, 0.1) is 0 Å². The molecule has 1 aliphatic rings. The molecule has 1 aromatic heterocycles. The molecule has 11 heteroatoms. The summed E-state index contributed by atoms with van der Waals surface area (Å²) in [5, 5.41) is 15.7. The van der Waals surface area contributed by atoms with Gasteiger partial charge in [-0.05, 0) is 42.0 Å². The van der Waals surface area contributed by atoms with Crippen LogP contribution >= 0.6 is 0 Å². The average molecular weight is 492 g/mol. The minimum Gasteiger partial charge on any atom is -0.378 e. The minimum atomic E-state index is -4.48. The Hall–Kier alpha value is -3.99. The SMILES string of the molecule is O=C(N[C@@]1(C(=O)NCc2ccc(Nc3ccccc3C(F)(F)F)cc2)CCOC1)c1cccnn1.[HH].[HH].[HH]. The first-order chi connectivity index (χ1) is 16.8. The second-order valence-electron chi connectivity index (χ2n) is 8.00. The van der Waals surface area contributed by atoms with Crippen molar-refractivity contribution in [3.05, 3.63) is 83.7 Å². The zero-order chi connectivity index (χ0) is 24.9. The number of hydrogen-bond donors (Lipinski definition) is 3. The molecule has 0 unspecified atom stereocenters. The van der Waals surface area contributed by atoms with E-state index in [4.69, 9.17) is 4.74 Å². The van der Waals surface area contributed by atoms with Crippen molar-refractivity contribution in [2.24, 2.45) is 0 Å². The van der Waals surface area contributed by atoms with Crippen LogP contribution in [0.3, 0.4) is 0 Å². The lowest BCUT2D eigenvalue weighted by atomic mass is 9.96. The summed E-state index contributed by atoms with van der Waals surface area (Å²) in [6.07, 6.45) is -2.74. The highest BCUT2D eigenvalue weighted by molar-refractivity contribution is 5.98. The molecule has 1 aliphatic heterocycles. The van der Waals surface area contributed by atoms with Gasteiger partial charge >= 0.3 is 6.18 Å². The molecule has 0 bridgehead atoms. The molecule has 3 aromatic rings. The number of nitrogens with zero attached hydrogens (tertiary/aromatic N) is 2. The van der Waals surface area contributed by atoms with E-state index >= 15 is 0 Å². The maximum atomic E-state index is 13.2. The summed E-state index contributed by atoms with van der Waals surface area (Å²) < 4.78 is 45.0. The molecule has 0 radical (unpaired) electrons. The van der Waals surface area contributed by atoms with Crippen LogP contribution in [0.5, 0.6) is 0 Å². The normalized spacial score (nSPS) is 17.6. The molecule has 8 nitrogen and oxygen atoms in total. The van der Waals surface area contributed by atoms with Gasteiger partial charge in [0.25, 0.3) is 5.91 Å². The van der Waals surface area contributed by atoms with Crippen molar-refractivity contribution >= 4 is 23.2 Å². The van der Waals surface area contributed by atoms with Crippen molar-refractivity contribution in [3.63, 3.8) is 0 Å². The number of halogens is 3. The smallest absolute Gasteiger partial charge is 0.378 e. The van der Waals surface area contributed by atoms with Crippen molar-refractivity contribution in [1.82, 2.24) is 20.8 Å². The van der Waals surface area contributed by atoms with E-state index in [1.807, 2.05) is 0 Å². The minimum absolute atomic E-state index is 0. The second-order valence-corrected chi connectivity index (χ2v) is 8.00. The van der Waals surface area contributed by atoms with Gasteiger partial charge in [-0.15, -0.1) is 5.10 Å². The molecule has 4 rings (SSSR count). The summed E-state index contributed by atoms with van der Waals surface area (Å²) in [4.78, 5) is 25.5. The largest absolute Gasteiger partial charge is 0.418 e. The van der Waals surface area contributed by atoms with E-state index < -0.39 is 29.1 Å². The van der Waals surface area contributed by atoms with Crippen LogP contribution in [0.4, 0.5) is 24.5 Å². The zero-order valence-electron chi connectivity index (χ0n) is 18.4. The Morgan fingerprint density at radius 3 is 2.49 bits per heavy atom. The number of carbonyl (C=O) groups excluding carboxylic acids is 2. The Labute approximate surface area is 203 Å². The summed E-state index contributed by atoms with van der Waals surface area (Å²) >= 11 is 0. The Morgan fingerprint density at radius 1 is 1.06 bits per heavy atom. The van der Waals surface area contributed by atoms with E-state index in [1.54, 1.807) is 30.3 Å². The average Bonchev–Trinajstić information content (AvgIpc) is 3.33. The van der Waals surface area contributed by atoms with Gasteiger partial charge in [0.2, 0.25) is 5.91 Å². The number of hydrogen-bond acceptors (Lipinski definition) is 6. The summed E-state index contributed by atoms with van der Waals surface area (Å²) in [6, 6.07) is 14.9. The van der Waals surface area contributed by atoms with Gasteiger partial charge in [0.1, 0.15) is 5.54 Å². The Balaban J connectivity index is 0.00000241. The first-order valence-electron chi connectivity index (χ1n) is 10.8. The highest BCUT2D eigenvalue weighted by atomic mass is 19.4. The summed E-state index contributed by atoms with van der Waals surface area (Å²) in [7, 11) is 0. The zero-order valence-corrected chi connectivity index (χ0v) is 18.4. The predicted molar refractivity (Wildman–Crippen MR) is 127 cm³/mol. The highest BCUT2D eigenvalue weighted by Gasteiger charge is 2.44. The van der Waals surface area contributed by atoms with E-state index in [0.717, 1.165) is 11.6 Å². The lowest BCUT2D eigenvalue weighted by molar-refractivity contribution is -0.137. The van der Waals surface area contributed by atoms with E-state index in [0.29, 0.717) is 18.7 Å². The number of nitrogens with one attached hydrogen (secondary N) is 3. The fourth-order valence-electron chi connectivity index (χ4n) is 3.66. The molecule has 1 saturated heterocycles. The number of alkyl halides is 3. The van der Waals surface area contributed by atoms with E-state index in [2.05, 4.69) is 26.1 Å². The van der Waals surface area contributed by atoms with Gasteiger partial charge in [0, 0.05) is 35.7 Å². The molecule has 3 N–H and O–H groups in total. The van der Waals surface area contributed by atoms with E-state index in [9.17, 15) is 22.8 Å². The fraction of sp³-hybridized carbons (Fsp3) is 0.250. The first-order valence-corrected chi connectivity index (χ1v) is 10.8. The van der Waals surface area contributed by atoms with Crippen LogP contribution in [0.15, 0.2) is 66.9 Å². The van der Waals surface area contributed by atoms with Crippen molar-refractivity contribution in [2.45, 2.75) is 24.7 Å². The molecule has 35 heavy (non-hydrogen) atoms. The van der Waals surface area contributed by atoms with Gasteiger partial charge in [0.15, 0.2) is 5.69 Å². The topological polar surface area (TPSA) is 105 Å². The third-order valence-corrected chi connectivity index (χ3v) is 5.53. The van der Waals surface area contributed by atoms with Crippen molar-refractivity contribution in [1.29, 1.82) is 0 Å². The Kier molecular flexibility index (Phi) is 6.97. The van der Waals surface area contributed by atoms with Gasteiger partial charge in [-0.2, -0.15) is 18.3 Å². The molecule has 0 spiro atoms. The number of carbonyl (C=O) groups is 2. The molecule has 1 fully saturated rings. The van der Waals surface area contributed by atoms with E-state index in [-0.39, 0.29) is 28.8 Å². The number of ether oxygens (including phenoxy) is 1. The molecule has 0 saturated carbocycles. The maximum Gasteiger partial charge on any atom is 0.418 e. The molecule has 2 heterocycles. The monoisotopic (exact) mass is 491 g/mol. The molecule has 0 aliphatic carbocycles. The quantitative estimate of drug-likeness (QED) is 0.458. The van der Waals surface area contributed by atoms with Gasteiger partial charge in [0.05, 0.1) is 17.9 Å². The van der Waals surface area contributed by atoms with Crippen LogP contribution in [0.1, 0.15) is 32.3 Å². The number of anilines is 2. The summed E-state index contributed by atoms with van der Waals surface area (Å²) in [5.41, 5.74) is -0.776. The van der Waals surface area contributed by atoms with Crippen molar-refractivity contribution < 1.29 is 31.8 Å². The van der Waals surface area contributed by atoms with Gasteiger partial charge in [-0.1, -0.05) is 24.3 Å². The van der Waals surface area contributed by atoms with Crippen LogP contribution in [0.2, 0.25) is 0 Å². The summed E-state index contributed by atoms with van der Waals surface area (Å²) in [6.45, 7) is 0.487. The molecule has 1 atom stereocenters. The third-order valence-electron chi connectivity index (χ3n) is 5.53. The van der Waals surface area contributed by atoms with Crippen LogP contribution in [0.25, 0.3) is 0 Å². The van der Waals surface area contributed by atoms with Gasteiger partial charge in [-0.3, -0.25) is 9.59 Å². The third kappa shape index (κ3) is 5.75. The number of aromatic nitrogens is 2. The second kappa shape index (κ2) is 10.1. The van der Waals surface area contributed by atoms with Gasteiger partial charge in [-0.25, -0.2) is 0 Å². The predicted octanol–water partition coefficient (Wildman–Crippen LogP) is 4.18. The lowest BCUT2D eigenvalue weighted by Gasteiger charge is -2.27. The fourth-order valence-corrected chi connectivity index (χ4v) is 3.66. The number of rotatable bonds is 7. The van der Waals surface area contributed by atoms with Crippen molar-refractivity contribution in [3.8, 4) is 0 Å². The highest BCUT2D eigenvalue weighted by Crippen LogP contribution is 2.35. The van der Waals surface area contributed by atoms with Gasteiger partial charge < -0.3 is 20.7 Å². The lowest BCUT2D eigenvalue weighted by Crippen LogP contribution is -2.59. The Morgan fingerprint density at radius 2 is 1.83 bits per heavy atom. The van der Waals surface area contributed by atoms with Crippen LogP contribution < -0.4 is 16.0 Å². The maximum absolute atomic E-state index is 13.2. The first kappa shape index (κ1) is 24.1. The van der Waals surface area contributed by atoms with Crippen LogP contribution in [-0.2, 0) is 22.3 Å². The number of benzene rings is 2. The molecule has 2 amide bonds. The molecule has 2 aromatic carbocycles.